The van der Waals surface area contributed by atoms with Crippen molar-refractivity contribution in [2.75, 3.05) is 19.0 Å². The number of rotatable bonds is 6. The number of methoxy groups -OCH3 is 1. The lowest BCUT2D eigenvalue weighted by atomic mass is 9.70. The van der Waals surface area contributed by atoms with Gasteiger partial charge in [0.05, 0.1) is 13.0 Å². The number of halogens is 1. The fourth-order valence-electron chi connectivity index (χ4n) is 4.72. The van der Waals surface area contributed by atoms with Crippen molar-refractivity contribution < 1.29 is 28.6 Å². The Morgan fingerprint density at radius 1 is 1.19 bits per heavy atom. The first-order valence-corrected chi connectivity index (χ1v) is 12.6. The number of Topliss-reactive ketones (excluding diaryl/α,β-unsaturated/α-hetero) is 1. The Morgan fingerprint density at radius 3 is 2.62 bits per heavy atom. The standard InChI is InChI=1S/C28H29BrN2O6/c1-15-11-16(9-10-18(15)29)31-22(33)14-36-20-8-6-5-7-17(20)23-24-19(32)12-28(2,3)13-21(24)37-26(30)25(23)27(34)35-4/h5-11,23H,12-14,30H2,1-4H3,(H,31,33). The van der Waals surface area contributed by atoms with E-state index in [-0.39, 0.29) is 41.6 Å². The van der Waals surface area contributed by atoms with Gasteiger partial charge in [-0.1, -0.05) is 48.0 Å². The molecule has 1 amide bonds. The molecule has 4 rings (SSSR count). The molecule has 0 radical (unpaired) electrons. The van der Waals surface area contributed by atoms with Gasteiger partial charge in [0.15, 0.2) is 12.4 Å². The van der Waals surface area contributed by atoms with E-state index in [1.165, 1.54) is 7.11 Å². The third-order valence-corrected chi connectivity index (χ3v) is 7.28. The highest BCUT2D eigenvalue weighted by Gasteiger charge is 2.45. The van der Waals surface area contributed by atoms with Gasteiger partial charge in [0.1, 0.15) is 17.1 Å². The predicted molar refractivity (Wildman–Crippen MR) is 142 cm³/mol. The summed E-state index contributed by atoms with van der Waals surface area (Å²) in [5.74, 6) is -1.38. The molecule has 1 aliphatic heterocycles. The molecule has 1 unspecified atom stereocenters. The van der Waals surface area contributed by atoms with E-state index in [1.54, 1.807) is 30.3 Å². The number of benzene rings is 2. The lowest BCUT2D eigenvalue weighted by Gasteiger charge is -2.38. The predicted octanol–water partition coefficient (Wildman–Crippen LogP) is 4.88. The van der Waals surface area contributed by atoms with Crippen LogP contribution in [0.2, 0.25) is 0 Å². The Hall–Kier alpha value is -3.59. The summed E-state index contributed by atoms with van der Waals surface area (Å²) in [6.45, 7) is 5.60. The number of carbonyl (C=O) groups excluding carboxylic acids is 3. The number of ketones is 1. The average molecular weight is 569 g/mol. The second kappa shape index (κ2) is 10.4. The molecule has 1 aliphatic carbocycles. The third kappa shape index (κ3) is 5.56. The summed E-state index contributed by atoms with van der Waals surface area (Å²) < 4.78 is 17.7. The number of nitrogens with two attached hydrogens (primary N) is 1. The van der Waals surface area contributed by atoms with Crippen molar-refractivity contribution in [3.63, 3.8) is 0 Å². The van der Waals surface area contributed by atoms with Crippen LogP contribution < -0.4 is 15.8 Å². The summed E-state index contributed by atoms with van der Waals surface area (Å²) in [7, 11) is 1.24. The van der Waals surface area contributed by atoms with Crippen LogP contribution in [-0.2, 0) is 23.9 Å². The summed E-state index contributed by atoms with van der Waals surface area (Å²) in [4.78, 5) is 38.8. The van der Waals surface area contributed by atoms with Gasteiger partial charge in [-0.3, -0.25) is 9.59 Å². The molecule has 37 heavy (non-hydrogen) atoms. The van der Waals surface area contributed by atoms with Crippen LogP contribution in [0.1, 0.15) is 43.7 Å². The van der Waals surface area contributed by atoms with Crippen molar-refractivity contribution in [2.24, 2.45) is 11.1 Å². The SMILES string of the molecule is COC(=O)C1=C(N)OC2=C(C(=O)CC(C)(C)C2)C1c1ccccc1OCC(=O)Nc1ccc(Br)c(C)c1. The Balaban J connectivity index is 1.67. The Bertz CT molecular complexity index is 1340. The summed E-state index contributed by atoms with van der Waals surface area (Å²) in [5.41, 5.74) is 8.42. The van der Waals surface area contributed by atoms with Gasteiger partial charge in [-0.25, -0.2) is 4.79 Å². The molecule has 0 saturated carbocycles. The van der Waals surface area contributed by atoms with Gasteiger partial charge in [0.2, 0.25) is 5.88 Å². The van der Waals surface area contributed by atoms with E-state index in [9.17, 15) is 14.4 Å². The number of nitrogens with one attached hydrogen (secondary N) is 1. The molecule has 2 aliphatic rings. The highest BCUT2D eigenvalue weighted by Crippen LogP contribution is 2.49. The number of aryl methyl sites for hydroxylation is 1. The molecule has 8 nitrogen and oxygen atoms in total. The molecule has 2 aromatic carbocycles. The molecule has 0 fully saturated rings. The summed E-state index contributed by atoms with van der Waals surface area (Å²) >= 11 is 3.44. The highest BCUT2D eigenvalue weighted by molar-refractivity contribution is 9.10. The minimum absolute atomic E-state index is 0.0279. The number of para-hydroxylation sites is 1. The molecule has 0 aromatic heterocycles. The van der Waals surface area contributed by atoms with Crippen molar-refractivity contribution in [2.45, 2.75) is 39.5 Å². The molecule has 0 saturated heterocycles. The minimum atomic E-state index is -0.854. The number of carbonyl (C=O) groups is 3. The third-order valence-electron chi connectivity index (χ3n) is 6.39. The van der Waals surface area contributed by atoms with E-state index in [2.05, 4.69) is 21.2 Å². The number of anilines is 1. The van der Waals surface area contributed by atoms with E-state index in [0.717, 1.165) is 10.0 Å². The van der Waals surface area contributed by atoms with Crippen LogP contribution in [-0.4, -0.2) is 31.4 Å². The second-order valence-corrected chi connectivity index (χ2v) is 10.8. The number of ether oxygens (including phenoxy) is 3. The lowest BCUT2D eigenvalue weighted by Crippen LogP contribution is -2.35. The zero-order valence-corrected chi connectivity index (χ0v) is 22.7. The van der Waals surface area contributed by atoms with Gasteiger partial charge in [-0.15, -0.1) is 0 Å². The lowest BCUT2D eigenvalue weighted by molar-refractivity contribution is -0.136. The number of amides is 1. The second-order valence-electron chi connectivity index (χ2n) is 9.92. The zero-order valence-electron chi connectivity index (χ0n) is 21.1. The van der Waals surface area contributed by atoms with Crippen molar-refractivity contribution in [1.29, 1.82) is 0 Å². The molecule has 0 bridgehead atoms. The molecule has 1 atom stereocenters. The van der Waals surface area contributed by atoms with E-state index in [1.807, 2.05) is 32.9 Å². The fraction of sp³-hybridized carbons (Fsp3) is 0.321. The van der Waals surface area contributed by atoms with Crippen molar-refractivity contribution in [3.8, 4) is 5.75 Å². The van der Waals surface area contributed by atoms with E-state index in [4.69, 9.17) is 19.9 Å². The van der Waals surface area contributed by atoms with Crippen LogP contribution in [0.3, 0.4) is 0 Å². The van der Waals surface area contributed by atoms with Crippen molar-refractivity contribution in [3.05, 3.63) is 80.9 Å². The van der Waals surface area contributed by atoms with Crippen molar-refractivity contribution >= 4 is 39.3 Å². The zero-order chi connectivity index (χ0) is 26.9. The minimum Gasteiger partial charge on any atom is -0.483 e. The number of allylic oxidation sites excluding steroid dienone is 2. The Kier molecular flexibility index (Phi) is 7.45. The maximum Gasteiger partial charge on any atom is 0.340 e. The number of hydrogen-bond donors (Lipinski definition) is 2. The molecular weight excluding hydrogens is 540 g/mol. The molecule has 9 heteroatoms. The first-order chi connectivity index (χ1) is 17.5. The summed E-state index contributed by atoms with van der Waals surface area (Å²) in [6.07, 6.45) is 0.774. The van der Waals surface area contributed by atoms with Gasteiger partial charge in [0.25, 0.3) is 5.91 Å². The number of hydrogen-bond acceptors (Lipinski definition) is 7. The van der Waals surface area contributed by atoms with Gasteiger partial charge in [-0.2, -0.15) is 0 Å². The van der Waals surface area contributed by atoms with Crippen LogP contribution in [0, 0.1) is 12.3 Å². The average Bonchev–Trinajstić information content (AvgIpc) is 2.83. The summed E-state index contributed by atoms with van der Waals surface area (Å²) in [5, 5.41) is 2.81. The molecule has 3 N–H and O–H groups in total. The maximum atomic E-state index is 13.4. The smallest absolute Gasteiger partial charge is 0.340 e. The van der Waals surface area contributed by atoms with E-state index >= 15 is 0 Å². The van der Waals surface area contributed by atoms with Crippen LogP contribution >= 0.6 is 15.9 Å². The van der Waals surface area contributed by atoms with E-state index in [0.29, 0.717) is 34.8 Å². The van der Waals surface area contributed by atoms with Crippen molar-refractivity contribution in [1.82, 2.24) is 0 Å². The Morgan fingerprint density at radius 2 is 1.92 bits per heavy atom. The maximum absolute atomic E-state index is 13.4. The normalized spacial score (nSPS) is 18.6. The van der Waals surface area contributed by atoms with Gasteiger partial charge in [-0.05, 0) is 42.2 Å². The molecule has 0 spiro atoms. The van der Waals surface area contributed by atoms with Crippen LogP contribution in [0.5, 0.6) is 5.75 Å². The van der Waals surface area contributed by atoms with Crippen LogP contribution in [0.15, 0.2) is 69.7 Å². The Labute approximate surface area is 224 Å². The summed E-state index contributed by atoms with van der Waals surface area (Å²) in [6, 6.07) is 12.4. The molecule has 194 valence electrons. The molecule has 2 aromatic rings. The monoisotopic (exact) mass is 568 g/mol. The highest BCUT2D eigenvalue weighted by atomic mass is 79.9. The van der Waals surface area contributed by atoms with Gasteiger partial charge in [0, 0.05) is 34.1 Å². The quantitative estimate of drug-likeness (QED) is 0.477. The van der Waals surface area contributed by atoms with Gasteiger partial charge < -0.3 is 25.3 Å². The van der Waals surface area contributed by atoms with Gasteiger partial charge >= 0.3 is 5.97 Å². The first kappa shape index (κ1) is 26.5. The van der Waals surface area contributed by atoms with Crippen LogP contribution in [0.4, 0.5) is 5.69 Å². The van der Waals surface area contributed by atoms with Crippen LogP contribution in [0.25, 0.3) is 0 Å². The molecule has 1 heterocycles. The first-order valence-electron chi connectivity index (χ1n) is 11.8. The molecular formula is C28H29BrN2O6. The van der Waals surface area contributed by atoms with E-state index < -0.39 is 11.9 Å². The topological polar surface area (TPSA) is 117 Å². The fourth-order valence-corrected chi connectivity index (χ4v) is 4.96. The number of esters is 1. The largest absolute Gasteiger partial charge is 0.483 e.